The van der Waals surface area contributed by atoms with E-state index in [1.165, 1.54) is 7.05 Å². The Morgan fingerprint density at radius 3 is 2.43 bits per heavy atom. The van der Waals surface area contributed by atoms with Crippen molar-refractivity contribution in [3.8, 4) is 11.5 Å². The van der Waals surface area contributed by atoms with Gasteiger partial charge in [-0.3, -0.25) is 15.0 Å². The van der Waals surface area contributed by atoms with Gasteiger partial charge in [-0.2, -0.15) is 0 Å². The van der Waals surface area contributed by atoms with Gasteiger partial charge < -0.3 is 14.8 Å². The lowest BCUT2D eigenvalue weighted by atomic mass is 9.87. The maximum Gasteiger partial charge on any atom is 0.321 e. The summed E-state index contributed by atoms with van der Waals surface area (Å²) >= 11 is 0. The number of benzene rings is 2. The van der Waals surface area contributed by atoms with Crippen LogP contribution in [0.3, 0.4) is 0 Å². The highest BCUT2D eigenvalue weighted by Crippen LogP contribution is 2.40. The second-order valence-corrected chi connectivity index (χ2v) is 6.57. The highest BCUT2D eigenvalue weighted by atomic mass is 16.5. The molecule has 0 saturated carbocycles. The van der Waals surface area contributed by atoms with Crippen LogP contribution in [-0.4, -0.2) is 51.2 Å². The minimum atomic E-state index is -0.509. The largest absolute Gasteiger partial charge is 0.493 e. The summed E-state index contributed by atoms with van der Waals surface area (Å²) in [5.41, 5.74) is 3.31. The molecule has 2 aromatic carbocycles. The van der Waals surface area contributed by atoms with Crippen molar-refractivity contribution in [1.82, 2.24) is 15.5 Å². The van der Waals surface area contributed by atoms with Crippen molar-refractivity contribution in [1.29, 1.82) is 0 Å². The highest BCUT2D eigenvalue weighted by Gasteiger charge is 2.31. The van der Waals surface area contributed by atoms with Crippen LogP contribution in [0.1, 0.15) is 22.7 Å². The van der Waals surface area contributed by atoms with Gasteiger partial charge in [0.05, 0.1) is 26.8 Å². The molecule has 3 amide bonds. The second-order valence-electron chi connectivity index (χ2n) is 6.57. The predicted molar refractivity (Wildman–Crippen MR) is 106 cm³/mol. The maximum atomic E-state index is 12.3. The first-order chi connectivity index (χ1) is 13.6. The van der Waals surface area contributed by atoms with Gasteiger partial charge in [0.25, 0.3) is 0 Å². The lowest BCUT2D eigenvalue weighted by molar-refractivity contribution is -0.121. The van der Waals surface area contributed by atoms with E-state index in [4.69, 9.17) is 9.47 Å². The van der Waals surface area contributed by atoms with E-state index in [9.17, 15) is 9.59 Å². The van der Waals surface area contributed by atoms with E-state index in [0.717, 1.165) is 23.1 Å². The number of hydrogen-bond donors (Lipinski definition) is 2. The molecule has 7 nitrogen and oxygen atoms in total. The molecule has 0 fully saturated rings. The lowest BCUT2D eigenvalue weighted by Gasteiger charge is -2.37. The first kappa shape index (κ1) is 19.7. The number of methoxy groups -OCH3 is 2. The zero-order valence-electron chi connectivity index (χ0n) is 16.3. The van der Waals surface area contributed by atoms with Gasteiger partial charge in [-0.15, -0.1) is 0 Å². The number of fused-ring (bicyclic) bond motifs is 1. The summed E-state index contributed by atoms with van der Waals surface area (Å²) in [5, 5.41) is 4.74. The molecule has 0 bridgehead atoms. The first-order valence-electron chi connectivity index (χ1n) is 9.12. The molecule has 0 saturated heterocycles. The van der Waals surface area contributed by atoms with Crippen LogP contribution >= 0.6 is 0 Å². The van der Waals surface area contributed by atoms with Crippen molar-refractivity contribution in [2.24, 2.45) is 0 Å². The highest BCUT2D eigenvalue weighted by molar-refractivity contribution is 5.95. The standard InChI is InChI=1S/C21H25N3O4/c1-22-21(26)23-19(25)13-24-10-9-15-11-17(27-2)18(28-3)12-16(15)20(24)14-7-5-4-6-8-14/h4-8,11-12,20H,9-10,13H2,1-3H3,(H2,22,23,25,26)/t20-/m1/s1. The summed E-state index contributed by atoms with van der Waals surface area (Å²) in [6, 6.07) is 13.4. The number of nitrogens with zero attached hydrogens (tertiary/aromatic N) is 1. The fourth-order valence-corrected chi connectivity index (χ4v) is 3.61. The zero-order valence-corrected chi connectivity index (χ0v) is 16.3. The molecule has 1 aliphatic rings. The monoisotopic (exact) mass is 383 g/mol. The van der Waals surface area contributed by atoms with Gasteiger partial charge >= 0.3 is 6.03 Å². The molecule has 1 aliphatic heterocycles. The first-order valence-corrected chi connectivity index (χ1v) is 9.12. The molecule has 0 aliphatic carbocycles. The second kappa shape index (κ2) is 8.75. The van der Waals surface area contributed by atoms with Crippen LogP contribution in [0, 0.1) is 0 Å². The number of amides is 3. The lowest BCUT2D eigenvalue weighted by Crippen LogP contribution is -2.46. The van der Waals surface area contributed by atoms with E-state index < -0.39 is 6.03 Å². The number of urea groups is 1. The minimum absolute atomic E-state index is 0.112. The molecular formula is C21H25N3O4. The number of hydrogen-bond acceptors (Lipinski definition) is 5. The summed E-state index contributed by atoms with van der Waals surface area (Å²) in [6.07, 6.45) is 0.770. The third-order valence-electron chi connectivity index (χ3n) is 4.92. The summed E-state index contributed by atoms with van der Waals surface area (Å²) < 4.78 is 10.9. The fourth-order valence-electron chi connectivity index (χ4n) is 3.61. The van der Waals surface area contributed by atoms with Crippen molar-refractivity contribution in [2.45, 2.75) is 12.5 Å². The molecule has 1 atom stereocenters. The molecule has 2 aromatic rings. The quantitative estimate of drug-likeness (QED) is 0.827. The summed E-state index contributed by atoms with van der Waals surface area (Å²) in [6.45, 7) is 0.796. The molecule has 0 spiro atoms. The smallest absolute Gasteiger partial charge is 0.321 e. The van der Waals surface area contributed by atoms with Crippen LogP contribution in [0.25, 0.3) is 0 Å². The molecule has 2 N–H and O–H groups in total. The van der Waals surface area contributed by atoms with Gasteiger partial charge in [-0.1, -0.05) is 30.3 Å². The SMILES string of the molecule is CNC(=O)NC(=O)CN1CCc2cc(OC)c(OC)cc2[C@H]1c1ccccc1. The van der Waals surface area contributed by atoms with Crippen molar-refractivity contribution in [2.75, 3.05) is 34.4 Å². The molecule has 1 heterocycles. The Bertz CT molecular complexity index is 854. The predicted octanol–water partition coefficient (Wildman–Crippen LogP) is 2.11. The summed E-state index contributed by atoms with van der Waals surface area (Å²) in [4.78, 5) is 25.9. The van der Waals surface area contributed by atoms with E-state index in [2.05, 4.69) is 15.5 Å². The molecule has 0 radical (unpaired) electrons. The average molecular weight is 383 g/mol. The molecule has 3 rings (SSSR count). The normalized spacial score (nSPS) is 16.0. The van der Waals surface area contributed by atoms with Crippen molar-refractivity contribution in [3.63, 3.8) is 0 Å². The van der Waals surface area contributed by atoms with E-state index in [-0.39, 0.29) is 18.5 Å². The van der Waals surface area contributed by atoms with Gasteiger partial charge in [-0.05, 0) is 35.2 Å². The van der Waals surface area contributed by atoms with Crippen molar-refractivity contribution in [3.05, 3.63) is 59.2 Å². The number of ether oxygens (including phenoxy) is 2. The zero-order chi connectivity index (χ0) is 20.1. The van der Waals surface area contributed by atoms with E-state index in [1.807, 2.05) is 42.5 Å². The Hall–Kier alpha value is -3.06. The molecule has 28 heavy (non-hydrogen) atoms. The Morgan fingerprint density at radius 2 is 1.79 bits per heavy atom. The molecule has 148 valence electrons. The van der Waals surface area contributed by atoms with Crippen LogP contribution < -0.4 is 20.1 Å². The third-order valence-corrected chi connectivity index (χ3v) is 4.92. The van der Waals surface area contributed by atoms with Gasteiger partial charge in [0.15, 0.2) is 11.5 Å². The Morgan fingerprint density at radius 1 is 1.11 bits per heavy atom. The van der Waals surface area contributed by atoms with Crippen molar-refractivity contribution >= 4 is 11.9 Å². The molecular weight excluding hydrogens is 358 g/mol. The summed E-state index contributed by atoms with van der Waals surface area (Å²) in [7, 11) is 4.71. The van der Waals surface area contributed by atoms with E-state index >= 15 is 0 Å². The van der Waals surface area contributed by atoms with E-state index in [1.54, 1.807) is 14.2 Å². The number of carbonyl (C=O) groups is 2. The van der Waals surface area contributed by atoms with Crippen LogP contribution in [-0.2, 0) is 11.2 Å². The van der Waals surface area contributed by atoms with Crippen LogP contribution in [0.2, 0.25) is 0 Å². The van der Waals surface area contributed by atoms with E-state index in [0.29, 0.717) is 18.0 Å². The minimum Gasteiger partial charge on any atom is -0.493 e. The number of nitrogens with one attached hydrogen (secondary N) is 2. The number of rotatable bonds is 5. The molecule has 7 heteroatoms. The number of imide groups is 1. The van der Waals surface area contributed by atoms with Gasteiger partial charge in [-0.25, -0.2) is 4.79 Å². The van der Waals surface area contributed by atoms with Gasteiger partial charge in [0.2, 0.25) is 5.91 Å². The van der Waals surface area contributed by atoms with Gasteiger partial charge in [0.1, 0.15) is 0 Å². The molecule has 0 aromatic heterocycles. The third kappa shape index (κ3) is 4.09. The Balaban J connectivity index is 1.99. The Kier molecular flexibility index (Phi) is 6.16. The molecule has 0 unspecified atom stereocenters. The van der Waals surface area contributed by atoms with Gasteiger partial charge in [0, 0.05) is 13.6 Å². The van der Waals surface area contributed by atoms with Crippen LogP contribution in [0.5, 0.6) is 11.5 Å². The van der Waals surface area contributed by atoms with Crippen LogP contribution in [0.15, 0.2) is 42.5 Å². The Labute approximate surface area is 164 Å². The maximum absolute atomic E-state index is 12.3. The van der Waals surface area contributed by atoms with Crippen LogP contribution in [0.4, 0.5) is 4.79 Å². The average Bonchev–Trinajstić information content (AvgIpc) is 2.72. The number of carbonyl (C=O) groups excluding carboxylic acids is 2. The topological polar surface area (TPSA) is 79.9 Å². The van der Waals surface area contributed by atoms with Crippen molar-refractivity contribution < 1.29 is 19.1 Å². The fraction of sp³-hybridized carbons (Fsp3) is 0.333. The summed E-state index contributed by atoms with van der Waals surface area (Å²) in [5.74, 6) is 1.00.